The van der Waals surface area contributed by atoms with E-state index in [9.17, 15) is 8.42 Å². The van der Waals surface area contributed by atoms with Gasteiger partial charge in [-0.2, -0.15) is 10.5 Å². The van der Waals surface area contributed by atoms with Crippen LogP contribution in [-0.4, -0.2) is 18.9 Å². The van der Waals surface area contributed by atoms with Crippen LogP contribution in [0.5, 0.6) is 0 Å². The lowest BCUT2D eigenvalue weighted by Crippen LogP contribution is -2.13. The maximum Gasteiger partial charge on any atom is 0.262 e. The Hall–Kier alpha value is -3.33. The van der Waals surface area contributed by atoms with E-state index in [-0.39, 0.29) is 15.9 Å². The predicted molar refractivity (Wildman–Crippen MR) is 93.3 cm³/mol. The number of rotatable bonds is 3. The molecule has 25 heavy (non-hydrogen) atoms. The lowest BCUT2D eigenvalue weighted by Gasteiger charge is -2.10. The third-order valence-corrected chi connectivity index (χ3v) is 5.05. The van der Waals surface area contributed by atoms with E-state index in [2.05, 4.69) is 15.8 Å². The summed E-state index contributed by atoms with van der Waals surface area (Å²) in [5.41, 5.74) is 2.48. The normalized spacial score (nSPS) is 10.5. The summed E-state index contributed by atoms with van der Waals surface area (Å²) in [7, 11) is -3.85. The molecule has 0 radical (unpaired) electrons. The molecule has 0 fully saturated rings. The zero-order chi connectivity index (χ0) is 17.3. The molecule has 8 heteroatoms. The van der Waals surface area contributed by atoms with Crippen LogP contribution in [-0.2, 0) is 10.0 Å². The number of aryl methyl sites for hydroxylation is 1. The number of sulfonamides is 1. The average molecular weight is 354 g/mol. The van der Waals surface area contributed by atoms with E-state index < -0.39 is 10.0 Å². The molecular weight excluding hydrogens is 340 g/mol. The van der Waals surface area contributed by atoms with Crippen LogP contribution in [0.3, 0.4) is 0 Å². The van der Waals surface area contributed by atoms with Crippen molar-refractivity contribution < 1.29 is 13.9 Å². The van der Waals surface area contributed by atoms with E-state index in [0.29, 0.717) is 22.2 Å². The standard InChI is InChI=1S/C17H12N4O2S.H2O/c1-11-5-6-15(17-16(11)13(9-19)10-20-17)21-24(22,23)14-4-2-3-12(7-14)8-18;/h2-7,10,20-21H,1H3;1H2. The Morgan fingerprint density at radius 1 is 1.12 bits per heavy atom. The van der Waals surface area contributed by atoms with Crippen LogP contribution >= 0.6 is 0 Å². The first-order valence-electron chi connectivity index (χ1n) is 7.00. The van der Waals surface area contributed by atoms with Crippen LogP contribution in [0.25, 0.3) is 10.9 Å². The molecule has 0 saturated carbocycles. The maximum absolute atomic E-state index is 12.6. The van der Waals surface area contributed by atoms with Crippen LogP contribution < -0.4 is 4.72 Å². The van der Waals surface area contributed by atoms with Gasteiger partial charge < -0.3 is 10.5 Å². The van der Waals surface area contributed by atoms with Gasteiger partial charge in [-0.05, 0) is 36.8 Å². The summed E-state index contributed by atoms with van der Waals surface area (Å²) in [6, 6.07) is 13.2. The highest BCUT2D eigenvalue weighted by molar-refractivity contribution is 7.92. The molecule has 0 aliphatic heterocycles. The number of nitrogens with one attached hydrogen (secondary N) is 2. The first-order chi connectivity index (χ1) is 11.5. The van der Waals surface area contributed by atoms with Crippen molar-refractivity contribution in [1.82, 2.24) is 4.98 Å². The van der Waals surface area contributed by atoms with Gasteiger partial charge in [0.2, 0.25) is 0 Å². The number of aromatic amines is 1. The van der Waals surface area contributed by atoms with Gasteiger partial charge in [0.05, 0.1) is 33.3 Å². The fraction of sp³-hybridized carbons (Fsp3) is 0.0588. The summed E-state index contributed by atoms with van der Waals surface area (Å²) < 4.78 is 27.7. The van der Waals surface area contributed by atoms with Gasteiger partial charge in [-0.3, -0.25) is 4.72 Å². The molecule has 3 aromatic rings. The van der Waals surface area contributed by atoms with E-state index in [4.69, 9.17) is 10.5 Å². The Kier molecular flexibility index (Phi) is 4.79. The lowest BCUT2D eigenvalue weighted by molar-refractivity contribution is 0.601. The topological polar surface area (TPSA) is 141 Å². The summed E-state index contributed by atoms with van der Waals surface area (Å²) in [4.78, 5) is 2.95. The Bertz CT molecular complexity index is 1130. The quantitative estimate of drug-likeness (QED) is 0.743. The second-order valence-corrected chi connectivity index (χ2v) is 6.92. The minimum atomic E-state index is -3.85. The van der Waals surface area contributed by atoms with Crippen LogP contribution in [0, 0.1) is 29.6 Å². The SMILES string of the molecule is Cc1ccc(NS(=O)(=O)c2cccc(C#N)c2)c2[nH]cc(C#N)c12.O. The second-order valence-electron chi connectivity index (χ2n) is 5.24. The highest BCUT2D eigenvalue weighted by Gasteiger charge is 2.18. The molecule has 0 aliphatic carbocycles. The van der Waals surface area contributed by atoms with Crippen molar-refractivity contribution in [1.29, 1.82) is 10.5 Å². The van der Waals surface area contributed by atoms with E-state index in [0.717, 1.165) is 5.56 Å². The molecule has 1 aromatic heterocycles. The second kappa shape index (κ2) is 6.65. The largest absolute Gasteiger partial charge is 0.412 e. The number of H-pyrrole nitrogens is 1. The van der Waals surface area contributed by atoms with E-state index in [1.807, 2.05) is 13.0 Å². The van der Waals surface area contributed by atoms with E-state index >= 15 is 0 Å². The summed E-state index contributed by atoms with van der Waals surface area (Å²) >= 11 is 0. The third kappa shape index (κ3) is 3.17. The van der Waals surface area contributed by atoms with Crippen LogP contribution in [0.1, 0.15) is 16.7 Å². The zero-order valence-electron chi connectivity index (χ0n) is 13.2. The van der Waals surface area contributed by atoms with Gasteiger partial charge >= 0.3 is 0 Å². The zero-order valence-corrected chi connectivity index (χ0v) is 14.0. The molecule has 0 atom stereocenters. The first kappa shape index (κ1) is 18.0. The van der Waals surface area contributed by atoms with Crippen molar-refractivity contribution in [2.24, 2.45) is 0 Å². The number of nitrogens with zero attached hydrogens (tertiary/aromatic N) is 2. The van der Waals surface area contributed by atoms with Crippen molar-refractivity contribution in [2.45, 2.75) is 11.8 Å². The Morgan fingerprint density at radius 2 is 1.88 bits per heavy atom. The molecule has 1 heterocycles. The smallest absolute Gasteiger partial charge is 0.262 e. The number of nitriles is 2. The number of anilines is 1. The highest BCUT2D eigenvalue weighted by atomic mass is 32.2. The Balaban J connectivity index is 0.00000225. The predicted octanol–water partition coefficient (Wildman–Crippen LogP) is 2.20. The molecule has 0 bridgehead atoms. The Morgan fingerprint density at radius 3 is 2.56 bits per heavy atom. The molecule has 3 rings (SSSR count). The van der Waals surface area contributed by atoms with Gasteiger partial charge in [0.15, 0.2) is 0 Å². The molecule has 0 unspecified atom stereocenters. The summed E-state index contributed by atoms with van der Waals surface area (Å²) in [5, 5.41) is 18.8. The van der Waals surface area contributed by atoms with Gasteiger partial charge in [-0.1, -0.05) is 12.1 Å². The number of aromatic nitrogens is 1. The lowest BCUT2D eigenvalue weighted by atomic mass is 10.1. The minimum Gasteiger partial charge on any atom is -0.412 e. The van der Waals surface area contributed by atoms with Gasteiger partial charge in [-0.25, -0.2) is 8.42 Å². The van der Waals surface area contributed by atoms with E-state index in [1.165, 1.54) is 24.3 Å². The van der Waals surface area contributed by atoms with Gasteiger partial charge in [0.1, 0.15) is 6.07 Å². The number of hydrogen-bond donors (Lipinski definition) is 2. The Labute approximate surface area is 144 Å². The molecular formula is C17H14N4O3S. The van der Waals surface area contributed by atoms with Gasteiger partial charge in [-0.15, -0.1) is 0 Å². The third-order valence-electron chi connectivity index (χ3n) is 3.68. The van der Waals surface area contributed by atoms with E-state index in [1.54, 1.807) is 18.3 Å². The molecule has 0 aliphatic rings. The summed E-state index contributed by atoms with van der Waals surface area (Å²) in [5.74, 6) is 0. The number of hydrogen-bond acceptors (Lipinski definition) is 4. The van der Waals surface area contributed by atoms with Gasteiger partial charge in [0.25, 0.3) is 10.0 Å². The average Bonchev–Trinajstić information content (AvgIpc) is 3.02. The number of fused-ring (bicyclic) bond motifs is 1. The molecule has 4 N–H and O–H groups in total. The monoisotopic (exact) mass is 354 g/mol. The van der Waals surface area contributed by atoms with Crippen LogP contribution in [0.2, 0.25) is 0 Å². The van der Waals surface area contributed by atoms with Gasteiger partial charge in [0, 0.05) is 11.6 Å². The fourth-order valence-corrected chi connectivity index (χ4v) is 3.65. The summed E-state index contributed by atoms with van der Waals surface area (Å²) in [6.45, 7) is 1.85. The minimum absolute atomic E-state index is 0. The van der Waals surface area contributed by atoms with Crippen molar-refractivity contribution in [2.75, 3.05) is 4.72 Å². The molecule has 0 saturated heterocycles. The summed E-state index contributed by atoms with van der Waals surface area (Å²) in [6.07, 6.45) is 1.55. The molecule has 126 valence electrons. The van der Waals surface area contributed by atoms with Crippen molar-refractivity contribution >= 4 is 26.6 Å². The molecule has 7 nitrogen and oxygen atoms in total. The van der Waals surface area contributed by atoms with Crippen molar-refractivity contribution in [3.05, 3.63) is 59.3 Å². The van der Waals surface area contributed by atoms with Crippen LogP contribution in [0.15, 0.2) is 47.5 Å². The van der Waals surface area contributed by atoms with Crippen molar-refractivity contribution in [3.63, 3.8) is 0 Å². The van der Waals surface area contributed by atoms with Crippen LogP contribution in [0.4, 0.5) is 5.69 Å². The highest BCUT2D eigenvalue weighted by Crippen LogP contribution is 2.30. The number of benzene rings is 2. The first-order valence-corrected chi connectivity index (χ1v) is 8.48. The molecule has 0 spiro atoms. The fourth-order valence-electron chi connectivity index (χ4n) is 2.53. The maximum atomic E-state index is 12.6. The molecule has 0 amide bonds. The van der Waals surface area contributed by atoms with Crippen molar-refractivity contribution in [3.8, 4) is 12.1 Å². The molecule has 2 aromatic carbocycles.